The van der Waals surface area contributed by atoms with Crippen LogP contribution in [0.1, 0.15) is 27.0 Å². The first-order valence-electron chi connectivity index (χ1n) is 7.39. The summed E-state index contributed by atoms with van der Waals surface area (Å²) < 4.78 is 53.3. The lowest BCUT2D eigenvalue weighted by Gasteiger charge is -2.10. The van der Waals surface area contributed by atoms with Crippen molar-refractivity contribution in [2.45, 2.75) is 12.6 Å². The minimum Gasteiger partial charge on any atom is -0.366 e. The zero-order valence-corrected chi connectivity index (χ0v) is 13.2. The number of carbonyl (C=O) groups is 1. The third-order valence-corrected chi connectivity index (χ3v) is 3.60. The highest BCUT2D eigenvalue weighted by Gasteiger charge is 2.31. The third kappa shape index (κ3) is 3.88. The summed E-state index contributed by atoms with van der Waals surface area (Å²) in [5, 5.41) is 3.96. The standard InChI is InChI=1S/C17H12F4N4O/c18-14-5-11(4-13(7-14)17(19,20)21)3-10-1-2-23-15(6-10)25-9-12(8-24-25)16(22)26/h1-2,4-9H,3H2,(H2,22,26). The summed E-state index contributed by atoms with van der Waals surface area (Å²) in [6.07, 6.45) is -0.446. The van der Waals surface area contributed by atoms with Crippen molar-refractivity contribution in [1.82, 2.24) is 14.8 Å². The Morgan fingerprint density at radius 3 is 2.58 bits per heavy atom. The van der Waals surface area contributed by atoms with Gasteiger partial charge in [-0.05, 0) is 47.9 Å². The number of alkyl halides is 3. The molecule has 134 valence electrons. The van der Waals surface area contributed by atoms with E-state index in [1.54, 1.807) is 12.1 Å². The third-order valence-electron chi connectivity index (χ3n) is 3.60. The molecule has 0 aliphatic rings. The van der Waals surface area contributed by atoms with Crippen molar-refractivity contribution in [1.29, 1.82) is 0 Å². The Bertz CT molecular complexity index is 965. The fourth-order valence-electron chi connectivity index (χ4n) is 2.42. The normalized spacial score (nSPS) is 11.5. The van der Waals surface area contributed by atoms with Gasteiger partial charge in [0.25, 0.3) is 5.91 Å². The van der Waals surface area contributed by atoms with E-state index >= 15 is 0 Å². The molecule has 5 nitrogen and oxygen atoms in total. The van der Waals surface area contributed by atoms with Crippen molar-refractivity contribution >= 4 is 5.91 Å². The lowest BCUT2D eigenvalue weighted by molar-refractivity contribution is -0.137. The number of aromatic nitrogens is 3. The summed E-state index contributed by atoms with van der Waals surface area (Å²) in [6, 6.07) is 5.59. The van der Waals surface area contributed by atoms with E-state index in [4.69, 9.17) is 5.73 Å². The fraction of sp³-hybridized carbons (Fsp3) is 0.118. The van der Waals surface area contributed by atoms with E-state index in [1.807, 2.05) is 0 Å². The number of nitrogens with zero attached hydrogens (tertiary/aromatic N) is 3. The van der Waals surface area contributed by atoms with Gasteiger partial charge in [-0.2, -0.15) is 18.3 Å². The average molecular weight is 364 g/mol. The van der Waals surface area contributed by atoms with E-state index in [9.17, 15) is 22.4 Å². The van der Waals surface area contributed by atoms with Crippen molar-refractivity contribution in [3.8, 4) is 5.82 Å². The van der Waals surface area contributed by atoms with Gasteiger partial charge in [0.05, 0.1) is 17.3 Å². The molecule has 9 heteroatoms. The van der Waals surface area contributed by atoms with Crippen LogP contribution in [0.4, 0.5) is 17.6 Å². The van der Waals surface area contributed by atoms with Crippen molar-refractivity contribution in [2.24, 2.45) is 5.73 Å². The second-order valence-corrected chi connectivity index (χ2v) is 5.58. The quantitative estimate of drug-likeness (QED) is 0.723. The molecule has 1 amide bonds. The number of amides is 1. The largest absolute Gasteiger partial charge is 0.416 e. The molecular formula is C17H12F4N4O. The zero-order valence-electron chi connectivity index (χ0n) is 13.2. The smallest absolute Gasteiger partial charge is 0.366 e. The van der Waals surface area contributed by atoms with Crippen LogP contribution in [0, 0.1) is 5.82 Å². The highest BCUT2D eigenvalue weighted by Crippen LogP contribution is 2.31. The number of nitrogens with two attached hydrogens (primary N) is 1. The van der Waals surface area contributed by atoms with Crippen LogP contribution < -0.4 is 5.73 Å². The summed E-state index contributed by atoms with van der Waals surface area (Å²) >= 11 is 0. The Morgan fingerprint density at radius 1 is 1.15 bits per heavy atom. The second kappa shape index (κ2) is 6.58. The molecule has 26 heavy (non-hydrogen) atoms. The fourth-order valence-corrected chi connectivity index (χ4v) is 2.42. The number of hydrogen-bond donors (Lipinski definition) is 1. The van der Waals surface area contributed by atoms with Crippen LogP contribution in [0.2, 0.25) is 0 Å². The van der Waals surface area contributed by atoms with Gasteiger partial charge in [-0.15, -0.1) is 0 Å². The van der Waals surface area contributed by atoms with Crippen LogP contribution in [0.3, 0.4) is 0 Å². The van der Waals surface area contributed by atoms with E-state index < -0.39 is 23.5 Å². The monoisotopic (exact) mass is 364 g/mol. The Kier molecular flexibility index (Phi) is 4.45. The first-order chi connectivity index (χ1) is 12.2. The Labute approximate surface area is 145 Å². The van der Waals surface area contributed by atoms with Gasteiger partial charge in [0, 0.05) is 12.4 Å². The number of pyridine rings is 1. The Morgan fingerprint density at radius 2 is 1.92 bits per heavy atom. The summed E-state index contributed by atoms with van der Waals surface area (Å²) in [5.74, 6) is -1.25. The van der Waals surface area contributed by atoms with Gasteiger partial charge in [0.1, 0.15) is 5.82 Å². The molecule has 0 bridgehead atoms. The Balaban J connectivity index is 1.89. The van der Waals surface area contributed by atoms with Gasteiger partial charge in [0.15, 0.2) is 5.82 Å². The number of halogens is 4. The van der Waals surface area contributed by atoms with Crippen LogP contribution in [0.25, 0.3) is 5.82 Å². The highest BCUT2D eigenvalue weighted by molar-refractivity contribution is 5.92. The molecule has 1 aromatic carbocycles. The highest BCUT2D eigenvalue weighted by atomic mass is 19.4. The topological polar surface area (TPSA) is 73.8 Å². The number of primary amides is 1. The molecule has 0 radical (unpaired) electrons. The number of hydrogen-bond acceptors (Lipinski definition) is 3. The molecule has 0 saturated carbocycles. The molecule has 0 unspecified atom stereocenters. The number of rotatable bonds is 4. The van der Waals surface area contributed by atoms with Gasteiger partial charge < -0.3 is 5.73 Å². The van der Waals surface area contributed by atoms with Crippen LogP contribution in [0.15, 0.2) is 48.9 Å². The predicted molar refractivity (Wildman–Crippen MR) is 84.1 cm³/mol. The van der Waals surface area contributed by atoms with Crippen LogP contribution >= 0.6 is 0 Å². The van der Waals surface area contributed by atoms with E-state index in [0.717, 1.165) is 12.1 Å². The predicted octanol–water partition coefficient (Wildman–Crippen LogP) is 3.11. The minimum absolute atomic E-state index is 0.0697. The molecule has 2 aromatic heterocycles. The van der Waals surface area contributed by atoms with Crippen molar-refractivity contribution < 1.29 is 22.4 Å². The molecule has 0 aliphatic carbocycles. The molecule has 3 aromatic rings. The van der Waals surface area contributed by atoms with Crippen LogP contribution in [-0.2, 0) is 12.6 Å². The molecule has 2 N–H and O–H groups in total. The summed E-state index contributed by atoms with van der Waals surface area (Å²) in [6.45, 7) is 0. The SMILES string of the molecule is NC(=O)c1cnn(-c2cc(Cc3cc(F)cc(C(F)(F)F)c3)ccn2)c1. The van der Waals surface area contributed by atoms with Crippen molar-refractivity contribution in [3.63, 3.8) is 0 Å². The minimum atomic E-state index is -4.62. The number of carbonyl (C=O) groups excluding carboxylic acids is 1. The first kappa shape index (κ1) is 17.6. The van der Waals surface area contributed by atoms with Gasteiger partial charge in [-0.25, -0.2) is 14.1 Å². The van der Waals surface area contributed by atoms with E-state index in [0.29, 0.717) is 17.4 Å². The van der Waals surface area contributed by atoms with Crippen molar-refractivity contribution in [2.75, 3.05) is 0 Å². The molecule has 0 spiro atoms. The van der Waals surface area contributed by atoms with Crippen molar-refractivity contribution in [3.05, 3.63) is 77.0 Å². The lowest BCUT2D eigenvalue weighted by Crippen LogP contribution is -2.09. The van der Waals surface area contributed by atoms with Crippen LogP contribution in [0.5, 0.6) is 0 Å². The zero-order chi connectivity index (χ0) is 18.9. The molecule has 0 fully saturated rings. The van der Waals surface area contributed by atoms with Crippen LogP contribution in [-0.4, -0.2) is 20.7 Å². The van der Waals surface area contributed by atoms with E-state index in [2.05, 4.69) is 10.1 Å². The van der Waals surface area contributed by atoms with Gasteiger partial charge in [0.2, 0.25) is 0 Å². The molecule has 2 heterocycles. The maximum Gasteiger partial charge on any atom is 0.416 e. The second-order valence-electron chi connectivity index (χ2n) is 5.58. The van der Waals surface area contributed by atoms with Gasteiger partial charge >= 0.3 is 6.18 Å². The summed E-state index contributed by atoms with van der Waals surface area (Å²) in [5.41, 5.74) is 5.09. The van der Waals surface area contributed by atoms with E-state index in [1.165, 1.54) is 23.3 Å². The first-order valence-corrected chi connectivity index (χ1v) is 7.39. The molecular weight excluding hydrogens is 352 g/mol. The molecule has 0 atom stereocenters. The molecule has 0 aliphatic heterocycles. The maximum atomic E-state index is 13.5. The summed E-state index contributed by atoms with van der Waals surface area (Å²) in [4.78, 5) is 15.2. The molecule has 0 saturated heterocycles. The number of benzene rings is 1. The van der Waals surface area contributed by atoms with Gasteiger partial charge in [-0.1, -0.05) is 0 Å². The summed E-state index contributed by atoms with van der Waals surface area (Å²) in [7, 11) is 0. The molecule has 3 rings (SSSR count). The Hall–Kier alpha value is -3.23. The lowest BCUT2D eigenvalue weighted by atomic mass is 10.0. The van der Waals surface area contributed by atoms with E-state index in [-0.39, 0.29) is 17.5 Å². The van der Waals surface area contributed by atoms with Gasteiger partial charge in [-0.3, -0.25) is 4.79 Å². The maximum absolute atomic E-state index is 13.5. The average Bonchev–Trinajstić information content (AvgIpc) is 3.04.